The molecule has 0 unspecified atom stereocenters. The van der Waals surface area contributed by atoms with Gasteiger partial charge in [-0.2, -0.15) is 26.3 Å². The van der Waals surface area contributed by atoms with Crippen molar-refractivity contribution in [3.8, 4) is 0 Å². The molecule has 7 heteroatoms. The van der Waals surface area contributed by atoms with Crippen molar-refractivity contribution in [1.29, 1.82) is 0 Å². The lowest BCUT2D eigenvalue weighted by Gasteiger charge is -2.07. The van der Waals surface area contributed by atoms with Gasteiger partial charge in [0.05, 0.1) is 11.1 Å². The second-order valence-corrected chi connectivity index (χ2v) is 6.41. The monoisotopic (exact) mass is 396 g/mol. The van der Waals surface area contributed by atoms with Crippen LogP contribution < -0.4 is 0 Å². The molecule has 0 heterocycles. The van der Waals surface area contributed by atoms with E-state index in [1.165, 1.54) is 36.4 Å². The first-order valence-electron chi connectivity index (χ1n) is 8.34. The molecule has 1 aliphatic rings. The van der Waals surface area contributed by atoms with Crippen molar-refractivity contribution >= 4 is 17.9 Å². The zero-order chi connectivity index (χ0) is 20.5. The number of allylic oxidation sites excluding steroid dienone is 2. The van der Waals surface area contributed by atoms with Crippen LogP contribution in [0.5, 0.6) is 0 Å². The lowest BCUT2D eigenvalue weighted by Crippen LogP contribution is -2.05. The van der Waals surface area contributed by atoms with E-state index in [2.05, 4.69) is 0 Å². The summed E-state index contributed by atoms with van der Waals surface area (Å²) in [5.41, 5.74) is -0.467. The maximum absolute atomic E-state index is 12.8. The summed E-state index contributed by atoms with van der Waals surface area (Å²) in [6.45, 7) is 0. The number of rotatable bonds is 2. The molecule has 0 amide bonds. The normalized spacial score (nSPS) is 18.3. The van der Waals surface area contributed by atoms with Crippen molar-refractivity contribution in [1.82, 2.24) is 0 Å². The number of carbonyl (C=O) groups excluding carboxylic acids is 1. The number of halogens is 6. The van der Waals surface area contributed by atoms with Crippen molar-refractivity contribution in [2.24, 2.45) is 0 Å². The van der Waals surface area contributed by atoms with Crippen LogP contribution in [0.3, 0.4) is 0 Å². The third kappa shape index (κ3) is 4.52. The predicted molar refractivity (Wildman–Crippen MR) is 93.1 cm³/mol. The smallest absolute Gasteiger partial charge is 0.289 e. The Morgan fingerprint density at radius 1 is 0.679 bits per heavy atom. The van der Waals surface area contributed by atoms with Crippen molar-refractivity contribution in [3.63, 3.8) is 0 Å². The highest BCUT2D eigenvalue weighted by Crippen LogP contribution is 2.34. The van der Waals surface area contributed by atoms with E-state index in [0.29, 0.717) is 24.0 Å². The van der Waals surface area contributed by atoms with E-state index in [9.17, 15) is 31.1 Å². The molecular formula is C21H14F6O. The third-order valence-corrected chi connectivity index (χ3v) is 4.36. The number of carbonyl (C=O) groups is 1. The van der Waals surface area contributed by atoms with E-state index in [1.54, 1.807) is 0 Å². The van der Waals surface area contributed by atoms with Crippen LogP contribution in [0.2, 0.25) is 0 Å². The van der Waals surface area contributed by atoms with Crippen LogP contribution in [0.25, 0.3) is 12.2 Å². The summed E-state index contributed by atoms with van der Waals surface area (Å²) < 4.78 is 76.8. The summed E-state index contributed by atoms with van der Waals surface area (Å²) in [6.07, 6.45) is -5.54. The van der Waals surface area contributed by atoms with Crippen LogP contribution in [-0.4, -0.2) is 5.78 Å². The Balaban J connectivity index is 1.86. The predicted octanol–water partition coefficient (Wildman–Crippen LogP) is 6.55. The second kappa shape index (κ2) is 7.30. The van der Waals surface area contributed by atoms with Crippen LogP contribution in [0, 0.1) is 0 Å². The number of ketones is 1. The number of Topliss-reactive ketones (excluding diaryl/α,β-unsaturated/α-hetero) is 1. The largest absolute Gasteiger partial charge is 0.416 e. The standard InChI is InChI=1S/C21H14F6O/c22-20(23,24)17-5-1-3-13(11-17)9-15-7-8-16(19(15)28)10-14-4-2-6-18(12-14)21(25,26)27/h1-6,9-12H,7-8H2/b15-9+,16-10+. The van der Waals surface area contributed by atoms with Gasteiger partial charge in [-0.3, -0.25) is 4.79 Å². The molecule has 0 radical (unpaired) electrons. The lowest BCUT2D eigenvalue weighted by molar-refractivity contribution is -0.138. The lowest BCUT2D eigenvalue weighted by atomic mass is 10.0. The minimum atomic E-state index is -4.48. The Bertz CT molecular complexity index is 886. The third-order valence-electron chi connectivity index (χ3n) is 4.36. The van der Waals surface area contributed by atoms with E-state index < -0.39 is 23.5 Å². The molecule has 2 aromatic rings. The maximum atomic E-state index is 12.8. The average Bonchev–Trinajstić information content (AvgIpc) is 2.94. The first kappa shape index (κ1) is 19.9. The fraction of sp³-hybridized carbons (Fsp3) is 0.190. The average molecular weight is 396 g/mol. The highest BCUT2D eigenvalue weighted by atomic mass is 19.4. The minimum Gasteiger partial charge on any atom is -0.289 e. The fourth-order valence-electron chi connectivity index (χ4n) is 2.99. The zero-order valence-corrected chi connectivity index (χ0v) is 14.4. The van der Waals surface area contributed by atoms with Gasteiger partial charge >= 0.3 is 12.4 Å². The van der Waals surface area contributed by atoms with E-state index in [4.69, 9.17) is 0 Å². The van der Waals surface area contributed by atoms with E-state index in [0.717, 1.165) is 24.3 Å². The van der Waals surface area contributed by atoms with E-state index >= 15 is 0 Å². The van der Waals surface area contributed by atoms with Crippen LogP contribution in [-0.2, 0) is 17.1 Å². The summed E-state index contributed by atoms with van der Waals surface area (Å²) in [5.74, 6) is -0.366. The van der Waals surface area contributed by atoms with Crippen LogP contribution in [0.4, 0.5) is 26.3 Å². The molecule has 0 aromatic heterocycles. The molecule has 0 N–H and O–H groups in total. The van der Waals surface area contributed by atoms with Gasteiger partial charge in [-0.15, -0.1) is 0 Å². The van der Waals surface area contributed by atoms with Crippen LogP contribution in [0.1, 0.15) is 35.1 Å². The Morgan fingerprint density at radius 3 is 1.43 bits per heavy atom. The van der Waals surface area contributed by atoms with Gasteiger partial charge in [0.2, 0.25) is 0 Å². The second-order valence-electron chi connectivity index (χ2n) is 6.41. The summed E-state index contributed by atoms with van der Waals surface area (Å²) in [4.78, 5) is 12.5. The molecule has 2 aromatic carbocycles. The molecule has 0 aliphatic heterocycles. The first-order chi connectivity index (χ1) is 13.0. The number of alkyl halides is 6. The molecule has 1 saturated carbocycles. The molecule has 0 saturated heterocycles. The molecular weight excluding hydrogens is 382 g/mol. The molecule has 146 valence electrons. The van der Waals surface area contributed by atoms with Gasteiger partial charge in [-0.05, 0) is 60.4 Å². The minimum absolute atomic E-state index is 0.249. The highest BCUT2D eigenvalue weighted by molar-refractivity contribution is 6.15. The highest BCUT2D eigenvalue weighted by Gasteiger charge is 2.31. The molecule has 0 spiro atoms. The van der Waals surface area contributed by atoms with Gasteiger partial charge in [0.15, 0.2) is 5.78 Å². The van der Waals surface area contributed by atoms with Crippen LogP contribution in [0.15, 0.2) is 59.7 Å². The Morgan fingerprint density at radius 2 is 1.07 bits per heavy atom. The van der Waals surface area contributed by atoms with Crippen molar-refractivity contribution in [2.45, 2.75) is 25.2 Å². The summed E-state index contributed by atoms with van der Waals surface area (Å²) in [5, 5.41) is 0. The molecule has 1 nitrogen and oxygen atoms in total. The quantitative estimate of drug-likeness (QED) is 0.415. The number of hydrogen-bond acceptors (Lipinski definition) is 1. The number of benzene rings is 2. The SMILES string of the molecule is O=C1/C(=C/c2cccc(C(F)(F)F)c2)CC/C1=C\c1cccc(C(F)(F)F)c1. The van der Waals surface area contributed by atoms with Gasteiger partial charge in [0, 0.05) is 11.1 Å². The van der Waals surface area contributed by atoms with Gasteiger partial charge in [-0.25, -0.2) is 0 Å². The fourth-order valence-corrected chi connectivity index (χ4v) is 2.99. The van der Waals surface area contributed by atoms with Gasteiger partial charge < -0.3 is 0 Å². The van der Waals surface area contributed by atoms with Crippen molar-refractivity contribution in [2.75, 3.05) is 0 Å². The van der Waals surface area contributed by atoms with Crippen molar-refractivity contribution in [3.05, 3.63) is 81.9 Å². The summed E-state index contributed by atoms with van der Waals surface area (Å²) in [7, 11) is 0. The van der Waals surface area contributed by atoms with Gasteiger partial charge in [0.1, 0.15) is 0 Å². The van der Waals surface area contributed by atoms with Crippen molar-refractivity contribution < 1.29 is 31.1 Å². The molecule has 28 heavy (non-hydrogen) atoms. The molecule has 0 atom stereocenters. The van der Waals surface area contributed by atoms with Crippen LogP contribution >= 0.6 is 0 Å². The number of hydrogen-bond donors (Lipinski definition) is 0. The molecule has 1 aliphatic carbocycles. The van der Waals surface area contributed by atoms with E-state index in [1.807, 2.05) is 0 Å². The first-order valence-corrected chi connectivity index (χ1v) is 8.34. The topological polar surface area (TPSA) is 17.1 Å². The van der Waals surface area contributed by atoms with Gasteiger partial charge in [-0.1, -0.05) is 24.3 Å². The molecule has 3 rings (SSSR count). The summed E-state index contributed by atoms with van der Waals surface area (Å²) >= 11 is 0. The maximum Gasteiger partial charge on any atom is 0.416 e. The Labute approximate surface area is 157 Å². The molecule has 1 fully saturated rings. The Hall–Kier alpha value is -2.83. The Kier molecular flexibility index (Phi) is 5.19. The molecule has 0 bridgehead atoms. The van der Waals surface area contributed by atoms with Gasteiger partial charge in [0.25, 0.3) is 0 Å². The summed E-state index contributed by atoms with van der Waals surface area (Å²) in [6, 6.07) is 9.23. The zero-order valence-electron chi connectivity index (χ0n) is 14.4. The van der Waals surface area contributed by atoms with E-state index in [-0.39, 0.29) is 16.9 Å².